The molecule has 0 radical (unpaired) electrons. The fourth-order valence-corrected chi connectivity index (χ4v) is 11.9. The molecule has 8 heterocycles. The van der Waals surface area contributed by atoms with Gasteiger partial charge in [0.25, 0.3) is 0 Å². The number of rotatable bonds is 10. The smallest absolute Gasteiger partial charge is 0.236 e. The highest BCUT2D eigenvalue weighted by molar-refractivity contribution is 5.82. The van der Waals surface area contributed by atoms with Crippen LogP contribution >= 0.6 is 0 Å². The molecule has 8 saturated heterocycles. The maximum atomic E-state index is 13.0. The van der Waals surface area contributed by atoms with Crippen molar-refractivity contribution in [2.24, 2.45) is 53.1 Å². The first kappa shape index (κ1) is 37.5. The Labute approximate surface area is 308 Å². The molecule has 13 heteroatoms. The molecule has 2 spiro atoms. The van der Waals surface area contributed by atoms with Gasteiger partial charge in [0, 0.05) is 44.2 Å². The fraction of sp³-hybridized carbons (Fsp3) is 0.949. The van der Waals surface area contributed by atoms with Gasteiger partial charge in [0.15, 0.2) is 23.8 Å². The Morgan fingerprint density at radius 3 is 1.65 bits per heavy atom. The Kier molecular flexibility index (Phi) is 10.1. The first-order valence-electron chi connectivity index (χ1n) is 20.5. The topological polar surface area (TPSA) is 158 Å². The van der Waals surface area contributed by atoms with Crippen LogP contribution in [0, 0.1) is 47.3 Å². The van der Waals surface area contributed by atoms with Crippen molar-refractivity contribution < 1.29 is 48.1 Å². The quantitative estimate of drug-likeness (QED) is 0.270. The molecular formula is C39H63N3O10. The standard InChI is InChI=1S/C39H63N3O10/c1-21-7-9-27-23(3)30(45-34-38(27)25(21)13-17-36(5,47-34)49-51-38)15-19-41-32(43)12-11-29(40)33(44)42-20-16-31-24(4)28-10-8-22(2)26-14-18-37(6)48-35(46-31)39(26,28)52-50-37/h21-31,34-35H,7-20,40H2,1-6H3,(H,41,43)(H,42,44)/t21-,22-,23-,24-,25+,26+,27+,28+,29+,30-,31-,34-,35-,36+,37+,38+,39+/m1/s1. The van der Waals surface area contributed by atoms with Crippen molar-refractivity contribution in [1.29, 1.82) is 0 Å². The third kappa shape index (κ3) is 6.16. The van der Waals surface area contributed by atoms with Crippen molar-refractivity contribution in [1.82, 2.24) is 10.6 Å². The van der Waals surface area contributed by atoms with Crippen molar-refractivity contribution >= 4 is 11.8 Å². The van der Waals surface area contributed by atoms with Gasteiger partial charge in [-0.05, 0) is 107 Å². The Hall–Kier alpha value is -1.42. The molecule has 4 bridgehead atoms. The normalized spacial score (nSPS) is 51.0. The van der Waals surface area contributed by atoms with Gasteiger partial charge in [0.1, 0.15) is 0 Å². The van der Waals surface area contributed by atoms with Gasteiger partial charge in [-0.3, -0.25) is 9.59 Å². The van der Waals surface area contributed by atoms with Crippen molar-refractivity contribution in [2.75, 3.05) is 13.1 Å². The minimum Gasteiger partial charge on any atom is -0.356 e. The largest absolute Gasteiger partial charge is 0.356 e. The first-order chi connectivity index (χ1) is 24.8. The Morgan fingerprint density at radius 1 is 0.673 bits per heavy atom. The van der Waals surface area contributed by atoms with E-state index in [0.717, 1.165) is 51.4 Å². The fourth-order valence-electron chi connectivity index (χ4n) is 11.9. The van der Waals surface area contributed by atoms with Crippen molar-refractivity contribution in [3.63, 3.8) is 0 Å². The summed E-state index contributed by atoms with van der Waals surface area (Å²) in [5, 5.41) is 6.03. The molecule has 2 saturated carbocycles. The van der Waals surface area contributed by atoms with E-state index in [0.29, 0.717) is 49.6 Å². The van der Waals surface area contributed by atoms with E-state index in [-0.39, 0.29) is 60.5 Å². The molecule has 0 aromatic heterocycles. The zero-order valence-corrected chi connectivity index (χ0v) is 32.1. The number of hydrogen-bond donors (Lipinski definition) is 3. The second-order valence-electron chi connectivity index (χ2n) is 18.3. The van der Waals surface area contributed by atoms with E-state index < -0.39 is 41.4 Å². The Bertz CT molecular complexity index is 1360. The lowest BCUT2D eigenvalue weighted by atomic mass is 9.57. The van der Waals surface area contributed by atoms with Gasteiger partial charge in [-0.2, -0.15) is 0 Å². The highest BCUT2D eigenvalue weighted by Crippen LogP contribution is 2.62. The van der Waals surface area contributed by atoms with E-state index in [2.05, 4.69) is 38.3 Å². The lowest BCUT2D eigenvalue weighted by molar-refractivity contribution is -0.571. The van der Waals surface area contributed by atoms with Crippen LogP contribution in [0.3, 0.4) is 0 Å². The van der Waals surface area contributed by atoms with E-state index >= 15 is 0 Å². The van der Waals surface area contributed by atoms with Crippen LogP contribution in [0.1, 0.15) is 119 Å². The molecule has 2 aliphatic carbocycles. The van der Waals surface area contributed by atoms with Crippen LogP contribution in [0.4, 0.5) is 0 Å². The SMILES string of the molecule is C[C@H]1[C@@H](CCNC(=O)CC[C@H](N)C(=O)NCC[C@H]2O[C@@H]3O[C@]4(C)CC[C@H]5[C@H](C)CC[C@@H]([C@H]2C)[C@]35OO4)O[C@@H]2O[C@]3(C)CC[C@H]4[C@H](C)CC[C@@H]1[C@]24OO3. The number of amides is 2. The van der Waals surface area contributed by atoms with Crippen molar-refractivity contribution in [3.05, 3.63) is 0 Å². The van der Waals surface area contributed by atoms with Crippen molar-refractivity contribution in [3.8, 4) is 0 Å². The molecule has 2 amide bonds. The Morgan fingerprint density at radius 2 is 1.15 bits per heavy atom. The summed E-state index contributed by atoms with van der Waals surface area (Å²) in [6, 6.07) is -0.781. The summed E-state index contributed by atoms with van der Waals surface area (Å²) in [5.41, 5.74) is 5.08. The zero-order chi connectivity index (χ0) is 36.6. The summed E-state index contributed by atoms with van der Waals surface area (Å²) < 4.78 is 26.2. The van der Waals surface area contributed by atoms with Crippen LogP contribution in [-0.2, 0) is 48.1 Å². The predicted molar refractivity (Wildman–Crippen MR) is 186 cm³/mol. The second-order valence-corrected chi connectivity index (χ2v) is 18.3. The second kappa shape index (κ2) is 14.0. The highest BCUT2D eigenvalue weighted by Gasteiger charge is 2.70. The van der Waals surface area contributed by atoms with Gasteiger partial charge in [0.05, 0.1) is 18.2 Å². The van der Waals surface area contributed by atoms with Gasteiger partial charge in [-0.1, -0.05) is 27.7 Å². The lowest BCUT2D eigenvalue weighted by Crippen LogP contribution is -2.70. The molecule has 10 fully saturated rings. The number of ether oxygens (including phenoxy) is 4. The van der Waals surface area contributed by atoms with Crippen LogP contribution in [0.15, 0.2) is 0 Å². The van der Waals surface area contributed by atoms with E-state index in [1.165, 1.54) is 0 Å². The van der Waals surface area contributed by atoms with Gasteiger partial charge in [-0.15, -0.1) is 0 Å². The van der Waals surface area contributed by atoms with Gasteiger partial charge >= 0.3 is 0 Å². The molecule has 13 nitrogen and oxygen atoms in total. The molecule has 0 aromatic carbocycles. The van der Waals surface area contributed by atoms with Gasteiger partial charge in [-0.25, -0.2) is 19.6 Å². The third-order valence-electron chi connectivity index (χ3n) is 15.1. The van der Waals surface area contributed by atoms with Crippen molar-refractivity contribution in [2.45, 2.75) is 172 Å². The Balaban J connectivity index is 0.779. The van der Waals surface area contributed by atoms with Crippen LogP contribution in [0.5, 0.6) is 0 Å². The van der Waals surface area contributed by atoms with Gasteiger partial charge in [0.2, 0.25) is 23.4 Å². The minimum atomic E-state index is -0.813. The minimum absolute atomic E-state index is 0.0766. The number of carbonyl (C=O) groups is 2. The molecule has 52 heavy (non-hydrogen) atoms. The number of nitrogens with one attached hydrogen (secondary N) is 2. The predicted octanol–water partition coefficient (Wildman–Crippen LogP) is 4.61. The van der Waals surface area contributed by atoms with Crippen LogP contribution in [0.25, 0.3) is 0 Å². The molecule has 17 atom stereocenters. The van der Waals surface area contributed by atoms with Crippen LogP contribution in [-0.4, -0.2) is 78.5 Å². The molecule has 8 aliphatic heterocycles. The first-order valence-corrected chi connectivity index (χ1v) is 20.5. The summed E-state index contributed by atoms with van der Waals surface area (Å²) in [7, 11) is 0. The highest BCUT2D eigenvalue weighted by atomic mass is 17.3. The van der Waals surface area contributed by atoms with E-state index in [4.69, 9.17) is 44.2 Å². The number of hydrogen-bond acceptors (Lipinski definition) is 11. The molecule has 294 valence electrons. The van der Waals surface area contributed by atoms with Gasteiger partial charge < -0.3 is 35.3 Å². The number of fused-ring (bicyclic) bond motifs is 4. The number of carbonyl (C=O) groups excluding carboxylic acids is 2. The molecule has 4 N–H and O–H groups in total. The van der Waals surface area contributed by atoms with E-state index in [1.807, 2.05) is 13.8 Å². The van der Waals surface area contributed by atoms with Crippen LogP contribution in [0.2, 0.25) is 0 Å². The summed E-state index contributed by atoms with van der Waals surface area (Å²) in [4.78, 5) is 50.2. The summed E-state index contributed by atoms with van der Waals surface area (Å²) in [6.07, 6.45) is 8.49. The lowest BCUT2D eigenvalue weighted by Gasteiger charge is -2.60. The maximum Gasteiger partial charge on any atom is 0.236 e. The monoisotopic (exact) mass is 733 g/mol. The summed E-state index contributed by atoms with van der Waals surface area (Å²) in [6.45, 7) is 13.8. The summed E-state index contributed by atoms with van der Waals surface area (Å²) >= 11 is 0. The molecule has 0 aromatic rings. The van der Waals surface area contributed by atoms with Crippen LogP contribution < -0.4 is 16.4 Å². The number of nitrogens with two attached hydrogens (primary N) is 1. The molecule has 10 aliphatic rings. The molecule has 0 unspecified atom stereocenters. The van der Waals surface area contributed by atoms with E-state index in [1.54, 1.807) is 0 Å². The maximum absolute atomic E-state index is 13.0. The average Bonchev–Trinajstić information content (AvgIpc) is 3.49. The summed E-state index contributed by atoms with van der Waals surface area (Å²) in [5.74, 6) is 0.598. The average molecular weight is 734 g/mol. The third-order valence-corrected chi connectivity index (χ3v) is 15.1. The molecular weight excluding hydrogens is 670 g/mol. The zero-order valence-electron chi connectivity index (χ0n) is 32.1. The molecule has 10 rings (SSSR count). The van der Waals surface area contributed by atoms with E-state index in [9.17, 15) is 9.59 Å².